The summed E-state index contributed by atoms with van der Waals surface area (Å²) in [6.07, 6.45) is 0. The first kappa shape index (κ1) is 15.3. The fraction of sp³-hybridized carbons (Fsp3) is 0.250. The van der Waals surface area contributed by atoms with E-state index in [1.54, 1.807) is 25.3 Å². The third-order valence-corrected chi connectivity index (χ3v) is 2.97. The van der Waals surface area contributed by atoms with E-state index in [-0.39, 0.29) is 5.75 Å². The van der Waals surface area contributed by atoms with Crippen LogP contribution in [0.1, 0.15) is 11.1 Å². The molecule has 0 saturated carbocycles. The standard InChI is InChI=1S/C16H17F2NO2/c1-20-14-7-4-5-12(9-14)10-19-11-13-6-2-3-8-15(13)21-16(17)18/h2-9,16,19H,10-11H2,1H3. The number of hydrogen-bond donors (Lipinski definition) is 1. The van der Waals surface area contributed by atoms with Crippen molar-refractivity contribution in [1.82, 2.24) is 5.32 Å². The van der Waals surface area contributed by atoms with Crippen LogP contribution in [-0.4, -0.2) is 13.7 Å². The van der Waals surface area contributed by atoms with Crippen molar-refractivity contribution in [2.45, 2.75) is 19.7 Å². The summed E-state index contributed by atoms with van der Waals surface area (Å²) in [6.45, 7) is -1.76. The number of rotatable bonds is 7. The Bertz CT molecular complexity index is 576. The molecule has 0 amide bonds. The first-order valence-electron chi connectivity index (χ1n) is 6.55. The van der Waals surface area contributed by atoms with Gasteiger partial charge in [0.05, 0.1) is 7.11 Å². The molecule has 0 radical (unpaired) electrons. The number of benzene rings is 2. The van der Waals surface area contributed by atoms with E-state index in [9.17, 15) is 8.78 Å². The lowest BCUT2D eigenvalue weighted by Gasteiger charge is -2.11. The second-order valence-electron chi connectivity index (χ2n) is 4.44. The Kier molecular flexibility index (Phi) is 5.51. The molecule has 21 heavy (non-hydrogen) atoms. The number of para-hydroxylation sites is 1. The van der Waals surface area contributed by atoms with Crippen LogP contribution < -0.4 is 14.8 Å². The average molecular weight is 293 g/mol. The van der Waals surface area contributed by atoms with Crippen LogP contribution >= 0.6 is 0 Å². The minimum atomic E-state index is -2.82. The van der Waals surface area contributed by atoms with Gasteiger partial charge < -0.3 is 14.8 Å². The van der Waals surface area contributed by atoms with Crippen molar-refractivity contribution >= 4 is 0 Å². The summed E-state index contributed by atoms with van der Waals surface area (Å²) < 4.78 is 34.3. The molecular weight excluding hydrogens is 276 g/mol. The molecule has 0 fully saturated rings. The monoisotopic (exact) mass is 293 g/mol. The fourth-order valence-corrected chi connectivity index (χ4v) is 1.98. The molecule has 0 atom stereocenters. The minimum absolute atomic E-state index is 0.200. The van der Waals surface area contributed by atoms with Crippen molar-refractivity contribution in [2.24, 2.45) is 0 Å². The Balaban J connectivity index is 1.94. The van der Waals surface area contributed by atoms with Crippen molar-refractivity contribution < 1.29 is 18.3 Å². The topological polar surface area (TPSA) is 30.5 Å². The molecule has 0 bridgehead atoms. The summed E-state index contributed by atoms with van der Waals surface area (Å²) in [5, 5.41) is 3.20. The third kappa shape index (κ3) is 4.72. The van der Waals surface area contributed by atoms with Crippen LogP contribution in [0, 0.1) is 0 Å². The zero-order valence-electron chi connectivity index (χ0n) is 11.7. The van der Waals surface area contributed by atoms with Crippen molar-refractivity contribution in [3.8, 4) is 11.5 Å². The predicted molar refractivity (Wildman–Crippen MR) is 76.6 cm³/mol. The highest BCUT2D eigenvalue weighted by Crippen LogP contribution is 2.20. The summed E-state index contributed by atoms with van der Waals surface area (Å²) >= 11 is 0. The van der Waals surface area contributed by atoms with Crippen molar-refractivity contribution in [3.05, 3.63) is 59.7 Å². The van der Waals surface area contributed by atoms with Gasteiger partial charge in [-0.25, -0.2) is 0 Å². The first-order chi connectivity index (χ1) is 10.2. The second-order valence-corrected chi connectivity index (χ2v) is 4.44. The summed E-state index contributed by atoms with van der Waals surface area (Å²) in [5.74, 6) is 0.987. The number of alkyl halides is 2. The quantitative estimate of drug-likeness (QED) is 0.846. The van der Waals surface area contributed by atoms with Gasteiger partial charge in [-0.2, -0.15) is 8.78 Å². The summed E-state index contributed by atoms with van der Waals surface area (Å²) in [6, 6.07) is 14.4. The van der Waals surface area contributed by atoms with Gasteiger partial charge in [-0.1, -0.05) is 30.3 Å². The Morgan fingerprint density at radius 1 is 1.05 bits per heavy atom. The third-order valence-electron chi connectivity index (χ3n) is 2.97. The van der Waals surface area contributed by atoms with Crippen molar-refractivity contribution in [1.29, 1.82) is 0 Å². The van der Waals surface area contributed by atoms with Crippen molar-refractivity contribution in [3.63, 3.8) is 0 Å². The maximum Gasteiger partial charge on any atom is 0.387 e. The largest absolute Gasteiger partial charge is 0.497 e. The highest BCUT2D eigenvalue weighted by Gasteiger charge is 2.08. The van der Waals surface area contributed by atoms with Crippen LogP contribution in [0.15, 0.2) is 48.5 Å². The molecule has 2 aromatic carbocycles. The van der Waals surface area contributed by atoms with Gasteiger partial charge >= 0.3 is 6.61 Å². The molecule has 1 N–H and O–H groups in total. The lowest BCUT2D eigenvalue weighted by molar-refractivity contribution is -0.0505. The van der Waals surface area contributed by atoms with Gasteiger partial charge in [-0.05, 0) is 23.8 Å². The van der Waals surface area contributed by atoms with Gasteiger partial charge in [0.15, 0.2) is 0 Å². The molecule has 0 aliphatic carbocycles. The first-order valence-corrected chi connectivity index (χ1v) is 6.55. The fourth-order valence-electron chi connectivity index (χ4n) is 1.98. The predicted octanol–water partition coefficient (Wildman–Crippen LogP) is 3.59. The summed E-state index contributed by atoms with van der Waals surface area (Å²) in [4.78, 5) is 0. The van der Waals surface area contributed by atoms with Gasteiger partial charge in [0, 0.05) is 18.7 Å². The van der Waals surface area contributed by atoms with Gasteiger partial charge in [0.2, 0.25) is 0 Å². The molecule has 2 rings (SSSR count). The van der Waals surface area contributed by atoms with Crippen LogP contribution in [0.3, 0.4) is 0 Å². The average Bonchev–Trinajstić information content (AvgIpc) is 2.49. The molecule has 0 saturated heterocycles. The Morgan fingerprint density at radius 2 is 1.86 bits per heavy atom. The maximum atomic E-state index is 12.3. The SMILES string of the molecule is COc1cccc(CNCc2ccccc2OC(F)F)c1. The van der Waals surface area contributed by atoms with E-state index in [0.717, 1.165) is 11.3 Å². The molecule has 5 heteroatoms. The molecule has 0 unspecified atom stereocenters. The maximum absolute atomic E-state index is 12.3. The van der Waals surface area contributed by atoms with E-state index in [0.29, 0.717) is 18.7 Å². The zero-order valence-corrected chi connectivity index (χ0v) is 11.7. The van der Waals surface area contributed by atoms with Gasteiger partial charge in [-0.15, -0.1) is 0 Å². The number of ether oxygens (including phenoxy) is 2. The number of nitrogens with one attached hydrogen (secondary N) is 1. The normalized spacial score (nSPS) is 10.7. The molecule has 0 aromatic heterocycles. The molecule has 2 aromatic rings. The Hall–Kier alpha value is -2.14. The van der Waals surface area contributed by atoms with Crippen LogP contribution in [0.25, 0.3) is 0 Å². The molecule has 3 nitrogen and oxygen atoms in total. The summed E-state index contributed by atoms with van der Waals surface area (Å²) in [5.41, 5.74) is 1.75. The van der Waals surface area contributed by atoms with E-state index < -0.39 is 6.61 Å². The van der Waals surface area contributed by atoms with Gasteiger partial charge in [-0.3, -0.25) is 0 Å². The molecule has 0 aliphatic heterocycles. The van der Waals surface area contributed by atoms with Crippen LogP contribution in [-0.2, 0) is 13.1 Å². The van der Waals surface area contributed by atoms with Crippen LogP contribution in [0.2, 0.25) is 0 Å². The van der Waals surface area contributed by atoms with Gasteiger partial charge in [0.25, 0.3) is 0 Å². The zero-order chi connectivity index (χ0) is 15.1. The summed E-state index contributed by atoms with van der Waals surface area (Å²) in [7, 11) is 1.62. The van der Waals surface area contributed by atoms with Gasteiger partial charge in [0.1, 0.15) is 11.5 Å². The second kappa shape index (κ2) is 7.59. The highest BCUT2D eigenvalue weighted by atomic mass is 19.3. The molecule has 0 aliphatic rings. The van der Waals surface area contributed by atoms with E-state index in [1.807, 2.05) is 24.3 Å². The molecule has 112 valence electrons. The number of methoxy groups -OCH3 is 1. The lowest BCUT2D eigenvalue weighted by atomic mass is 10.2. The number of halogens is 2. The number of hydrogen-bond acceptors (Lipinski definition) is 3. The van der Waals surface area contributed by atoms with E-state index in [4.69, 9.17) is 4.74 Å². The molecule has 0 spiro atoms. The Morgan fingerprint density at radius 3 is 2.62 bits per heavy atom. The van der Waals surface area contributed by atoms with E-state index in [1.165, 1.54) is 6.07 Å². The van der Waals surface area contributed by atoms with Crippen LogP contribution in [0.5, 0.6) is 11.5 Å². The van der Waals surface area contributed by atoms with E-state index in [2.05, 4.69) is 10.1 Å². The van der Waals surface area contributed by atoms with E-state index >= 15 is 0 Å². The van der Waals surface area contributed by atoms with Crippen LogP contribution in [0.4, 0.5) is 8.78 Å². The lowest BCUT2D eigenvalue weighted by Crippen LogP contribution is -2.14. The molecular formula is C16H17F2NO2. The minimum Gasteiger partial charge on any atom is -0.497 e. The van der Waals surface area contributed by atoms with Crippen molar-refractivity contribution in [2.75, 3.05) is 7.11 Å². The Labute approximate surface area is 122 Å². The molecule has 0 heterocycles. The smallest absolute Gasteiger partial charge is 0.387 e. The highest BCUT2D eigenvalue weighted by molar-refractivity contribution is 5.33.